The van der Waals surface area contributed by atoms with E-state index in [2.05, 4.69) is 15.3 Å². The normalized spacial score (nSPS) is 14.0. The number of thiophene rings is 1. The minimum atomic E-state index is -0.935. The second kappa shape index (κ2) is 12.2. The molecule has 0 bridgehead atoms. The number of hydrogen-bond acceptors (Lipinski definition) is 8. The first-order valence-electron chi connectivity index (χ1n) is 12.4. The number of anilines is 1. The van der Waals surface area contributed by atoms with Gasteiger partial charge in [0.25, 0.3) is 11.5 Å². The fourth-order valence-electron chi connectivity index (χ4n) is 4.34. The van der Waals surface area contributed by atoms with Crippen LogP contribution in [0, 0.1) is 5.82 Å². The third-order valence-electron chi connectivity index (χ3n) is 6.47. The Bertz CT molecular complexity index is 1530. The molecule has 0 spiro atoms. The van der Waals surface area contributed by atoms with Crippen molar-refractivity contribution in [1.82, 2.24) is 19.2 Å². The van der Waals surface area contributed by atoms with Gasteiger partial charge >= 0.3 is 0 Å². The van der Waals surface area contributed by atoms with Gasteiger partial charge in [-0.1, -0.05) is 23.7 Å². The number of carbonyl (C=O) groups is 1. The van der Waals surface area contributed by atoms with Crippen molar-refractivity contribution in [1.29, 1.82) is 0 Å². The summed E-state index contributed by atoms with van der Waals surface area (Å²) in [4.78, 5) is 29.4. The van der Waals surface area contributed by atoms with Crippen LogP contribution in [0.1, 0.15) is 20.8 Å². The first-order valence-corrected chi connectivity index (χ1v) is 13.6. The lowest BCUT2D eigenvalue weighted by atomic mass is 10.1. The van der Waals surface area contributed by atoms with Crippen molar-refractivity contribution in [2.75, 3.05) is 38.2 Å². The smallest absolute Gasteiger partial charge is 0.287 e. The number of aliphatic hydroxyl groups is 1. The highest BCUT2D eigenvalue weighted by Crippen LogP contribution is 2.26. The molecule has 0 unspecified atom stereocenters. The van der Waals surface area contributed by atoms with E-state index >= 15 is 4.39 Å². The highest BCUT2D eigenvalue weighted by molar-refractivity contribution is 7.16. The van der Waals surface area contributed by atoms with Crippen LogP contribution in [0.15, 0.2) is 59.5 Å². The van der Waals surface area contributed by atoms with Crippen molar-refractivity contribution >= 4 is 34.7 Å². The van der Waals surface area contributed by atoms with Crippen LogP contribution in [0.3, 0.4) is 0 Å². The summed E-state index contributed by atoms with van der Waals surface area (Å²) >= 11 is 7.44. The molecular formula is C27H27ClFN5O4S. The van der Waals surface area contributed by atoms with Gasteiger partial charge in [0.15, 0.2) is 5.82 Å². The van der Waals surface area contributed by atoms with Crippen LogP contribution in [0.4, 0.5) is 10.2 Å². The number of hydrogen-bond donors (Lipinski definition) is 2. The van der Waals surface area contributed by atoms with Gasteiger partial charge in [0.2, 0.25) is 0 Å². The Hall–Kier alpha value is -3.35. The molecule has 4 aromatic rings. The molecule has 5 rings (SSSR count). The second-order valence-electron chi connectivity index (χ2n) is 9.05. The first-order chi connectivity index (χ1) is 18.9. The van der Waals surface area contributed by atoms with E-state index in [4.69, 9.17) is 16.3 Å². The third kappa shape index (κ3) is 6.29. The van der Waals surface area contributed by atoms with Gasteiger partial charge in [0.05, 0.1) is 36.4 Å². The van der Waals surface area contributed by atoms with E-state index in [0.29, 0.717) is 54.1 Å². The number of carbonyl (C=O) groups excluding carboxylic acids is 1. The van der Waals surface area contributed by atoms with Gasteiger partial charge in [-0.3, -0.25) is 14.5 Å². The molecular weight excluding hydrogens is 545 g/mol. The Kier molecular flexibility index (Phi) is 8.53. The van der Waals surface area contributed by atoms with Crippen molar-refractivity contribution in [3.8, 4) is 11.3 Å². The van der Waals surface area contributed by atoms with Crippen LogP contribution in [0.2, 0.25) is 4.34 Å². The highest BCUT2D eigenvalue weighted by atomic mass is 35.5. The zero-order valence-corrected chi connectivity index (χ0v) is 22.6. The zero-order valence-electron chi connectivity index (χ0n) is 21.0. The maximum atomic E-state index is 15.4. The molecule has 3 aromatic heterocycles. The van der Waals surface area contributed by atoms with Crippen LogP contribution in [-0.4, -0.2) is 63.1 Å². The van der Waals surface area contributed by atoms with Crippen molar-refractivity contribution in [2.24, 2.45) is 0 Å². The van der Waals surface area contributed by atoms with E-state index in [-0.39, 0.29) is 17.9 Å². The number of halogens is 2. The summed E-state index contributed by atoms with van der Waals surface area (Å²) < 4.78 is 23.8. The van der Waals surface area contributed by atoms with Crippen LogP contribution in [0.25, 0.3) is 11.3 Å². The minimum Gasteiger partial charge on any atom is -0.392 e. The molecule has 12 heteroatoms. The van der Waals surface area contributed by atoms with E-state index in [0.717, 1.165) is 22.6 Å². The van der Waals surface area contributed by atoms with Crippen molar-refractivity contribution in [2.45, 2.75) is 19.7 Å². The average molecular weight is 572 g/mol. The van der Waals surface area contributed by atoms with Gasteiger partial charge in [-0.05, 0) is 35.9 Å². The molecule has 0 atom stereocenters. The summed E-state index contributed by atoms with van der Waals surface area (Å²) in [5.74, 6) is -1.08. The number of ether oxygens (including phenoxy) is 1. The quantitative estimate of drug-likeness (QED) is 0.316. The van der Waals surface area contributed by atoms with E-state index < -0.39 is 17.3 Å². The Labute approximate surface area is 233 Å². The molecule has 2 N–H and O–H groups in total. The lowest BCUT2D eigenvalue weighted by Gasteiger charge is -2.26. The van der Waals surface area contributed by atoms with Gasteiger partial charge in [-0.25, -0.2) is 4.39 Å². The molecule has 1 fully saturated rings. The Balaban J connectivity index is 1.44. The highest BCUT2D eigenvalue weighted by Gasteiger charge is 2.21. The topological polar surface area (TPSA) is 102 Å². The summed E-state index contributed by atoms with van der Waals surface area (Å²) in [6.07, 6.45) is 1.55. The molecule has 204 valence electrons. The van der Waals surface area contributed by atoms with Crippen LogP contribution < -0.4 is 10.9 Å². The van der Waals surface area contributed by atoms with E-state index in [1.165, 1.54) is 22.0 Å². The zero-order chi connectivity index (χ0) is 27.4. The molecule has 1 aromatic carbocycles. The van der Waals surface area contributed by atoms with Gasteiger partial charge < -0.3 is 19.7 Å². The summed E-state index contributed by atoms with van der Waals surface area (Å²) in [5.41, 5.74) is 0.268. The fraction of sp³-hybridized carbons (Fsp3) is 0.296. The van der Waals surface area contributed by atoms with Crippen molar-refractivity contribution < 1.29 is 19.0 Å². The molecule has 0 radical (unpaired) electrons. The Morgan fingerprint density at radius 1 is 1.15 bits per heavy atom. The Morgan fingerprint density at radius 2 is 1.97 bits per heavy atom. The summed E-state index contributed by atoms with van der Waals surface area (Å²) in [5, 5.41) is 17.1. The molecule has 1 saturated heterocycles. The summed E-state index contributed by atoms with van der Waals surface area (Å²) in [6.45, 7) is 3.93. The van der Waals surface area contributed by atoms with Crippen molar-refractivity contribution in [3.63, 3.8) is 0 Å². The molecule has 4 heterocycles. The maximum absolute atomic E-state index is 15.4. The average Bonchev–Trinajstić information content (AvgIpc) is 3.58. The number of aliphatic hydroxyl groups excluding tert-OH is 1. The molecule has 1 aliphatic rings. The lowest BCUT2D eigenvalue weighted by molar-refractivity contribution is 0.0362. The van der Waals surface area contributed by atoms with Crippen LogP contribution >= 0.6 is 22.9 Å². The molecule has 0 saturated carbocycles. The standard InChI is InChI=1S/C27H27ClFN5O4S/c28-23-5-4-20(39-23)16-30-24-15-22(31-34(24)26(36)19-3-1-2-18(14-19)17-35)21-6-7-33(27(37)25(21)29)9-8-32-10-12-38-13-11-32/h1-7,14-15,30,35H,8-13,16-17H2. The molecule has 0 aliphatic carbocycles. The lowest BCUT2D eigenvalue weighted by Crippen LogP contribution is -2.39. The number of pyridine rings is 1. The second-order valence-corrected chi connectivity index (χ2v) is 10.8. The number of benzene rings is 1. The fourth-order valence-corrected chi connectivity index (χ4v) is 5.36. The maximum Gasteiger partial charge on any atom is 0.287 e. The number of nitrogens with one attached hydrogen (secondary N) is 1. The molecule has 39 heavy (non-hydrogen) atoms. The van der Waals surface area contributed by atoms with Gasteiger partial charge in [0, 0.05) is 54.4 Å². The minimum absolute atomic E-state index is 0.000462. The van der Waals surface area contributed by atoms with Crippen LogP contribution in [0.5, 0.6) is 0 Å². The molecule has 1 aliphatic heterocycles. The van der Waals surface area contributed by atoms with E-state index in [1.807, 2.05) is 6.07 Å². The summed E-state index contributed by atoms with van der Waals surface area (Å²) in [7, 11) is 0. The molecule has 9 nitrogen and oxygen atoms in total. The Morgan fingerprint density at radius 3 is 2.72 bits per heavy atom. The predicted molar refractivity (Wildman–Crippen MR) is 148 cm³/mol. The van der Waals surface area contributed by atoms with Gasteiger partial charge in [0.1, 0.15) is 5.82 Å². The van der Waals surface area contributed by atoms with Gasteiger partial charge in [-0.2, -0.15) is 9.78 Å². The first kappa shape index (κ1) is 27.2. The van der Waals surface area contributed by atoms with Crippen LogP contribution in [-0.2, 0) is 24.4 Å². The number of rotatable bonds is 9. The SMILES string of the molecule is O=C(c1cccc(CO)c1)n1nc(-c2ccn(CCN3CCOCC3)c(=O)c2F)cc1NCc1ccc(Cl)s1. The summed E-state index contributed by atoms with van der Waals surface area (Å²) in [6, 6.07) is 13.2. The monoisotopic (exact) mass is 571 g/mol. The van der Waals surface area contributed by atoms with Crippen molar-refractivity contribution in [3.05, 3.63) is 91.2 Å². The van der Waals surface area contributed by atoms with Gasteiger partial charge in [-0.15, -0.1) is 11.3 Å². The van der Waals surface area contributed by atoms with E-state index in [1.54, 1.807) is 42.6 Å². The predicted octanol–water partition coefficient (Wildman–Crippen LogP) is 3.69. The number of nitrogens with zero attached hydrogens (tertiary/aromatic N) is 4. The molecule has 0 amide bonds. The third-order valence-corrected chi connectivity index (χ3v) is 7.71. The largest absolute Gasteiger partial charge is 0.392 e. The number of morpholine rings is 1. The number of aromatic nitrogens is 3. The van der Waals surface area contributed by atoms with E-state index in [9.17, 15) is 14.7 Å².